The van der Waals surface area contributed by atoms with E-state index in [1.54, 1.807) is 37.3 Å². The summed E-state index contributed by atoms with van der Waals surface area (Å²) in [6.45, 7) is 7.96. The van der Waals surface area contributed by atoms with Crippen molar-refractivity contribution in [3.63, 3.8) is 0 Å². The summed E-state index contributed by atoms with van der Waals surface area (Å²) in [5.41, 5.74) is 3.34. The van der Waals surface area contributed by atoms with Crippen molar-refractivity contribution in [2.24, 2.45) is 0 Å². The summed E-state index contributed by atoms with van der Waals surface area (Å²) >= 11 is 0. The van der Waals surface area contributed by atoms with E-state index in [1.807, 2.05) is 57.2 Å². The highest BCUT2D eigenvalue weighted by Gasteiger charge is 2.32. The van der Waals surface area contributed by atoms with Crippen LogP contribution in [0.4, 0.5) is 5.69 Å². The number of nitrogens with one attached hydrogen (secondary N) is 1. The Morgan fingerprint density at radius 1 is 0.897 bits per heavy atom. The monoisotopic (exact) mass is 549 g/mol. The molecule has 1 atom stereocenters. The molecule has 0 spiro atoms. The lowest BCUT2D eigenvalue weighted by Crippen LogP contribution is -2.51. The summed E-state index contributed by atoms with van der Waals surface area (Å²) in [6, 6.07) is 22.2. The van der Waals surface area contributed by atoms with Crippen LogP contribution in [0.1, 0.15) is 50.3 Å². The second-order valence-corrected chi connectivity index (χ2v) is 11.5. The Balaban J connectivity index is 1.99. The van der Waals surface area contributed by atoms with Crippen molar-refractivity contribution in [3.8, 4) is 0 Å². The fourth-order valence-electron chi connectivity index (χ4n) is 4.27. The van der Waals surface area contributed by atoms with Gasteiger partial charge in [0.05, 0.1) is 10.6 Å². The predicted octanol–water partition coefficient (Wildman–Crippen LogP) is 5.09. The lowest BCUT2D eigenvalue weighted by Gasteiger charge is -2.32. The van der Waals surface area contributed by atoms with Crippen molar-refractivity contribution in [3.05, 3.63) is 95.6 Å². The highest BCUT2D eigenvalue weighted by atomic mass is 32.2. The number of unbranched alkanes of at least 4 members (excludes halogenated alkanes) is 1. The molecular formula is C31H39N3O4S. The summed E-state index contributed by atoms with van der Waals surface area (Å²) < 4.78 is 28.7. The Hall–Kier alpha value is -3.65. The summed E-state index contributed by atoms with van der Waals surface area (Å²) in [5.74, 6) is -0.733. The van der Waals surface area contributed by atoms with E-state index in [-0.39, 0.29) is 17.3 Å². The Bertz CT molecular complexity index is 1340. The van der Waals surface area contributed by atoms with Gasteiger partial charge in [0.25, 0.3) is 10.0 Å². The number of aryl methyl sites for hydroxylation is 2. The smallest absolute Gasteiger partial charge is 0.264 e. The minimum absolute atomic E-state index is 0.0907. The fourth-order valence-corrected chi connectivity index (χ4v) is 5.71. The molecule has 0 aliphatic rings. The van der Waals surface area contributed by atoms with Gasteiger partial charge in [0, 0.05) is 13.1 Å². The van der Waals surface area contributed by atoms with E-state index in [0.717, 1.165) is 40.3 Å². The number of carbonyl (C=O) groups excluding carboxylic acids is 2. The first-order valence-electron chi connectivity index (χ1n) is 13.5. The number of hydrogen-bond acceptors (Lipinski definition) is 4. The molecule has 3 rings (SSSR count). The molecule has 39 heavy (non-hydrogen) atoms. The van der Waals surface area contributed by atoms with Crippen molar-refractivity contribution in [2.75, 3.05) is 17.4 Å². The van der Waals surface area contributed by atoms with E-state index in [2.05, 4.69) is 5.32 Å². The average molecular weight is 550 g/mol. The lowest BCUT2D eigenvalue weighted by atomic mass is 10.1. The quantitative estimate of drug-likeness (QED) is 0.301. The first-order chi connectivity index (χ1) is 18.7. The number of rotatable bonds is 13. The number of sulfonamides is 1. The zero-order valence-corrected chi connectivity index (χ0v) is 24.1. The molecule has 2 amide bonds. The van der Waals surface area contributed by atoms with Gasteiger partial charge in [0.15, 0.2) is 0 Å². The van der Waals surface area contributed by atoms with Crippen molar-refractivity contribution in [1.29, 1.82) is 0 Å². The molecule has 0 bridgehead atoms. The lowest BCUT2D eigenvalue weighted by molar-refractivity contribution is -0.139. The van der Waals surface area contributed by atoms with Gasteiger partial charge in [-0.3, -0.25) is 13.9 Å². The summed E-state index contributed by atoms with van der Waals surface area (Å²) in [7, 11) is -4.06. The molecule has 0 aromatic heterocycles. The van der Waals surface area contributed by atoms with Gasteiger partial charge in [-0.25, -0.2) is 8.42 Å². The van der Waals surface area contributed by atoms with Crippen LogP contribution >= 0.6 is 0 Å². The molecule has 0 fully saturated rings. The average Bonchev–Trinajstić information content (AvgIpc) is 2.94. The van der Waals surface area contributed by atoms with Crippen molar-refractivity contribution in [2.45, 2.75) is 64.4 Å². The molecule has 0 aliphatic carbocycles. The van der Waals surface area contributed by atoms with Gasteiger partial charge in [-0.05, 0) is 62.1 Å². The number of hydrogen-bond donors (Lipinski definition) is 1. The third-order valence-corrected chi connectivity index (χ3v) is 8.46. The highest BCUT2D eigenvalue weighted by molar-refractivity contribution is 7.92. The Morgan fingerprint density at radius 3 is 2.21 bits per heavy atom. The van der Waals surface area contributed by atoms with Gasteiger partial charge in [0.2, 0.25) is 11.8 Å². The molecule has 0 radical (unpaired) electrons. The van der Waals surface area contributed by atoms with E-state index >= 15 is 0 Å². The second kappa shape index (κ2) is 13.9. The van der Waals surface area contributed by atoms with Gasteiger partial charge in [0.1, 0.15) is 12.6 Å². The second-order valence-electron chi connectivity index (χ2n) is 9.68. The highest BCUT2D eigenvalue weighted by Crippen LogP contribution is 2.25. The van der Waals surface area contributed by atoms with Crippen LogP contribution in [0.15, 0.2) is 83.8 Å². The first kappa shape index (κ1) is 29.9. The van der Waals surface area contributed by atoms with Crippen molar-refractivity contribution >= 4 is 27.5 Å². The maximum atomic E-state index is 13.9. The number of carbonyl (C=O) groups is 2. The molecule has 0 saturated carbocycles. The minimum atomic E-state index is -4.06. The molecule has 208 valence electrons. The number of nitrogens with zero attached hydrogens (tertiary/aromatic N) is 2. The molecule has 0 aliphatic heterocycles. The van der Waals surface area contributed by atoms with Crippen LogP contribution in [0, 0.1) is 6.92 Å². The Labute approximate surface area is 232 Å². The molecule has 3 aromatic rings. The summed E-state index contributed by atoms with van der Waals surface area (Å²) in [5, 5.41) is 2.90. The van der Waals surface area contributed by atoms with E-state index in [4.69, 9.17) is 0 Å². The van der Waals surface area contributed by atoms with Gasteiger partial charge in [-0.15, -0.1) is 0 Å². The molecule has 7 nitrogen and oxygen atoms in total. The fraction of sp³-hybridized carbons (Fsp3) is 0.355. The van der Waals surface area contributed by atoms with Gasteiger partial charge >= 0.3 is 0 Å². The summed E-state index contributed by atoms with van der Waals surface area (Å²) in [4.78, 5) is 28.5. The third-order valence-electron chi connectivity index (χ3n) is 6.67. The van der Waals surface area contributed by atoms with E-state index in [1.165, 1.54) is 17.0 Å². The normalized spacial score (nSPS) is 12.0. The number of amides is 2. The molecule has 0 saturated heterocycles. The van der Waals surface area contributed by atoms with E-state index in [0.29, 0.717) is 12.2 Å². The van der Waals surface area contributed by atoms with Crippen LogP contribution in [0.3, 0.4) is 0 Å². The molecule has 1 N–H and O–H groups in total. The molecule has 0 heterocycles. The summed E-state index contributed by atoms with van der Waals surface area (Å²) in [6.07, 6.45) is 2.57. The minimum Gasteiger partial charge on any atom is -0.354 e. The van der Waals surface area contributed by atoms with Crippen LogP contribution in [0.5, 0.6) is 0 Å². The zero-order chi connectivity index (χ0) is 28.4. The Morgan fingerprint density at radius 2 is 1.59 bits per heavy atom. The van der Waals surface area contributed by atoms with E-state index < -0.39 is 28.5 Å². The Kier molecular flexibility index (Phi) is 10.7. The molecule has 0 unspecified atom stereocenters. The largest absolute Gasteiger partial charge is 0.354 e. The topological polar surface area (TPSA) is 86.8 Å². The van der Waals surface area contributed by atoms with Gasteiger partial charge < -0.3 is 10.2 Å². The maximum absolute atomic E-state index is 13.9. The van der Waals surface area contributed by atoms with Crippen LogP contribution in [0.25, 0.3) is 0 Å². The number of anilines is 1. The van der Waals surface area contributed by atoms with Crippen molar-refractivity contribution < 1.29 is 18.0 Å². The van der Waals surface area contributed by atoms with Crippen molar-refractivity contribution in [1.82, 2.24) is 10.2 Å². The van der Waals surface area contributed by atoms with Gasteiger partial charge in [-0.2, -0.15) is 0 Å². The molecule has 8 heteroatoms. The van der Waals surface area contributed by atoms with E-state index in [9.17, 15) is 18.0 Å². The SMILES string of the molecule is CCCCNC(=O)[C@H](C)N(Cc1cccc(C)c1)C(=O)CN(c1ccc(CC)cc1)S(=O)(=O)c1ccccc1. The predicted molar refractivity (Wildman–Crippen MR) is 156 cm³/mol. The van der Waals surface area contributed by atoms with Crippen LogP contribution in [-0.2, 0) is 32.6 Å². The first-order valence-corrected chi connectivity index (χ1v) is 14.9. The third kappa shape index (κ3) is 7.93. The standard InChI is InChI=1S/C31H39N3O4S/c1-5-7-20-32-31(36)25(4)33(22-27-13-11-12-24(3)21-27)30(35)23-34(28-18-16-26(6-2)17-19-28)39(37,38)29-14-9-8-10-15-29/h8-19,21,25H,5-7,20,22-23H2,1-4H3,(H,32,36)/t25-/m0/s1. The molecular weight excluding hydrogens is 510 g/mol. The van der Waals surface area contributed by atoms with Crippen LogP contribution in [-0.4, -0.2) is 44.3 Å². The van der Waals surface area contributed by atoms with Gasteiger partial charge in [-0.1, -0.05) is 80.4 Å². The zero-order valence-electron chi connectivity index (χ0n) is 23.3. The van der Waals surface area contributed by atoms with Crippen LogP contribution < -0.4 is 9.62 Å². The van der Waals surface area contributed by atoms with Crippen LogP contribution in [0.2, 0.25) is 0 Å². The molecule has 3 aromatic carbocycles. The number of benzene rings is 3. The maximum Gasteiger partial charge on any atom is 0.264 e.